The van der Waals surface area contributed by atoms with E-state index in [2.05, 4.69) is 5.32 Å². The van der Waals surface area contributed by atoms with Gasteiger partial charge in [0.25, 0.3) is 11.5 Å². The molecule has 2 aromatic carbocycles. The van der Waals surface area contributed by atoms with Crippen LogP contribution in [0, 0.1) is 0 Å². The second-order valence-electron chi connectivity index (χ2n) is 6.56. The number of aromatic nitrogens is 1. The van der Waals surface area contributed by atoms with Crippen LogP contribution in [0.15, 0.2) is 41.2 Å². The highest BCUT2D eigenvalue weighted by Crippen LogP contribution is 2.36. The van der Waals surface area contributed by atoms with E-state index in [4.69, 9.17) is 16.3 Å². The average Bonchev–Trinajstić information content (AvgIpc) is 2.97. The van der Waals surface area contributed by atoms with Crippen LogP contribution in [0.25, 0.3) is 10.9 Å². The molecule has 27 heavy (non-hydrogen) atoms. The van der Waals surface area contributed by atoms with Crippen molar-refractivity contribution in [3.05, 3.63) is 62.9 Å². The van der Waals surface area contributed by atoms with Crippen LogP contribution in [0.5, 0.6) is 11.5 Å². The van der Waals surface area contributed by atoms with Crippen LogP contribution in [0.3, 0.4) is 0 Å². The minimum absolute atomic E-state index is 0.0924. The van der Waals surface area contributed by atoms with E-state index in [1.54, 1.807) is 22.8 Å². The minimum Gasteiger partial charge on any atom is -0.506 e. The van der Waals surface area contributed by atoms with E-state index in [9.17, 15) is 14.7 Å². The first-order valence-electron chi connectivity index (χ1n) is 8.46. The third-order valence-electron chi connectivity index (χ3n) is 4.88. The third-order valence-corrected chi connectivity index (χ3v) is 5.11. The van der Waals surface area contributed by atoms with E-state index < -0.39 is 11.5 Å². The summed E-state index contributed by atoms with van der Waals surface area (Å²) in [4.78, 5) is 25.9. The normalized spacial score (nSPS) is 15.1. The van der Waals surface area contributed by atoms with Gasteiger partial charge < -0.3 is 19.7 Å². The molecule has 2 heterocycles. The van der Waals surface area contributed by atoms with Gasteiger partial charge in [-0.05, 0) is 43.2 Å². The SMILES string of the molecule is COc1ccc(Cl)cc1NC(=O)c1c(O)c2cccc3c2n(c1=O)[C@H](C)C3. The molecule has 1 aromatic heterocycles. The van der Waals surface area contributed by atoms with Crippen LogP contribution in [-0.2, 0) is 6.42 Å². The van der Waals surface area contributed by atoms with Gasteiger partial charge in [-0.1, -0.05) is 23.7 Å². The number of carbonyl (C=O) groups is 1. The smallest absolute Gasteiger partial charge is 0.268 e. The molecule has 7 heteroatoms. The molecule has 138 valence electrons. The Morgan fingerprint density at radius 1 is 1.33 bits per heavy atom. The van der Waals surface area contributed by atoms with Gasteiger partial charge in [0.2, 0.25) is 0 Å². The highest BCUT2D eigenvalue weighted by Gasteiger charge is 2.29. The van der Waals surface area contributed by atoms with Crippen molar-refractivity contribution in [2.24, 2.45) is 0 Å². The number of para-hydroxylation sites is 1. The molecule has 1 atom stereocenters. The summed E-state index contributed by atoms with van der Waals surface area (Å²) in [6, 6.07) is 10.1. The van der Waals surface area contributed by atoms with Crippen molar-refractivity contribution < 1.29 is 14.6 Å². The lowest BCUT2D eigenvalue weighted by molar-refractivity contribution is 0.102. The maximum Gasteiger partial charge on any atom is 0.268 e. The van der Waals surface area contributed by atoms with Gasteiger partial charge in [0.15, 0.2) is 0 Å². The Bertz CT molecular complexity index is 1150. The number of benzene rings is 2. The van der Waals surface area contributed by atoms with E-state index in [1.165, 1.54) is 13.2 Å². The highest BCUT2D eigenvalue weighted by molar-refractivity contribution is 6.31. The average molecular weight is 385 g/mol. The number of rotatable bonds is 3. The first kappa shape index (κ1) is 17.4. The molecule has 0 bridgehead atoms. The molecule has 0 fully saturated rings. The summed E-state index contributed by atoms with van der Waals surface area (Å²) in [6.07, 6.45) is 0.680. The number of methoxy groups -OCH3 is 1. The topological polar surface area (TPSA) is 80.6 Å². The second-order valence-corrected chi connectivity index (χ2v) is 7.00. The number of ether oxygens (including phenoxy) is 1. The van der Waals surface area contributed by atoms with Gasteiger partial charge >= 0.3 is 0 Å². The highest BCUT2D eigenvalue weighted by atomic mass is 35.5. The van der Waals surface area contributed by atoms with Gasteiger partial charge in [-0.25, -0.2) is 0 Å². The molecule has 2 N–H and O–H groups in total. The Balaban J connectivity index is 1.88. The van der Waals surface area contributed by atoms with E-state index in [0.29, 0.717) is 33.8 Å². The predicted molar refractivity (Wildman–Crippen MR) is 104 cm³/mol. The minimum atomic E-state index is -0.715. The number of aromatic hydroxyl groups is 1. The molecule has 1 aliphatic heterocycles. The fraction of sp³-hybridized carbons (Fsp3) is 0.200. The summed E-state index contributed by atoms with van der Waals surface area (Å²) in [5, 5.41) is 14.2. The van der Waals surface area contributed by atoms with Crippen molar-refractivity contribution in [2.45, 2.75) is 19.4 Å². The van der Waals surface area contributed by atoms with E-state index in [1.807, 2.05) is 19.1 Å². The van der Waals surface area contributed by atoms with Gasteiger partial charge in [0, 0.05) is 16.5 Å². The number of nitrogens with zero attached hydrogens (tertiary/aromatic N) is 1. The first-order valence-corrected chi connectivity index (χ1v) is 8.84. The van der Waals surface area contributed by atoms with Crippen molar-refractivity contribution in [1.29, 1.82) is 0 Å². The van der Waals surface area contributed by atoms with Crippen molar-refractivity contribution in [3.8, 4) is 11.5 Å². The Kier molecular flexibility index (Phi) is 4.08. The molecule has 4 rings (SSSR count). The number of carbonyl (C=O) groups excluding carboxylic acids is 1. The Morgan fingerprint density at radius 3 is 2.85 bits per heavy atom. The summed E-state index contributed by atoms with van der Waals surface area (Å²) in [5.41, 5.74) is 1.17. The summed E-state index contributed by atoms with van der Waals surface area (Å²) in [7, 11) is 1.46. The summed E-state index contributed by atoms with van der Waals surface area (Å²) < 4.78 is 6.80. The molecule has 0 saturated carbocycles. The Morgan fingerprint density at radius 2 is 2.11 bits per heavy atom. The zero-order chi connectivity index (χ0) is 19.3. The van der Waals surface area contributed by atoms with Crippen molar-refractivity contribution in [2.75, 3.05) is 12.4 Å². The quantitative estimate of drug-likeness (QED) is 0.720. The van der Waals surface area contributed by atoms with Crippen LogP contribution in [0.1, 0.15) is 28.9 Å². The Hall–Kier alpha value is -2.99. The van der Waals surface area contributed by atoms with Gasteiger partial charge in [0.05, 0.1) is 18.3 Å². The number of hydrogen-bond donors (Lipinski definition) is 2. The second kappa shape index (κ2) is 6.32. The van der Waals surface area contributed by atoms with Gasteiger partial charge in [-0.3, -0.25) is 9.59 Å². The molecular formula is C20H17ClN2O4. The van der Waals surface area contributed by atoms with Crippen LogP contribution < -0.4 is 15.6 Å². The number of amides is 1. The number of pyridine rings is 1. The number of anilines is 1. The fourth-order valence-electron chi connectivity index (χ4n) is 3.69. The molecule has 1 aliphatic rings. The first-order chi connectivity index (χ1) is 12.9. The Labute approximate surface area is 160 Å². The van der Waals surface area contributed by atoms with Gasteiger partial charge in [-0.15, -0.1) is 0 Å². The molecule has 0 saturated heterocycles. The molecule has 1 amide bonds. The summed E-state index contributed by atoms with van der Waals surface area (Å²) in [5.74, 6) is -0.637. The lowest BCUT2D eigenvalue weighted by atomic mass is 10.1. The van der Waals surface area contributed by atoms with E-state index in [0.717, 1.165) is 5.56 Å². The van der Waals surface area contributed by atoms with E-state index in [-0.39, 0.29) is 17.4 Å². The lowest BCUT2D eigenvalue weighted by Crippen LogP contribution is -2.30. The molecule has 3 aromatic rings. The van der Waals surface area contributed by atoms with Crippen LogP contribution in [0.2, 0.25) is 5.02 Å². The predicted octanol–water partition coefficient (Wildman–Crippen LogP) is 3.74. The van der Waals surface area contributed by atoms with Crippen LogP contribution in [-0.4, -0.2) is 22.7 Å². The third kappa shape index (κ3) is 2.64. The number of halogens is 1. The summed E-state index contributed by atoms with van der Waals surface area (Å²) in [6.45, 7) is 1.92. The van der Waals surface area contributed by atoms with Gasteiger partial charge in [-0.2, -0.15) is 0 Å². The molecule has 0 unspecified atom stereocenters. The fourth-order valence-corrected chi connectivity index (χ4v) is 3.86. The molecular weight excluding hydrogens is 368 g/mol. The number of hydrogen-bond acceptors (Lipinski definition) is 4. The largest absolute Gasteiger partial charge is 0.506 e. The molecule has 0 spiro atoms. The van der Waals surface area contributed by atoms with Crippen LogP contribution >= 0.6 is 11.6 Å². The van der Waals surface area contributed by atoms with Crippen LogP contribution in [0.4, 0.5) is 5.69 Å². The lowest BCUT2D eigenvalue weighted by Gasteiger charge is -2.15. The van der Waals surface area contributed by atoms with Crippen molar-refractivity contribution in [1.82, 2.24) is 4.57 Å². The van der Waals surface area contributed by atoms with Crippen molar-refractivity contribution in [3.63, 3.8) is 0 Å². The zero-order valence-corrected chi connectivity index (χ0v) is 15.5. The molecule has 6 nitrogen and oxygen atoms in total. The zero-order valence-electron chi connectivity index (χ0n) is 14.7. The number of nitrogens with one attached hydrogen (secondary N) is 1. The standard InChI is InChI=1S/C20H17ClN2O4/c1-10-8-11-4-3-5-13-17(11)23(10)20(26)16(18(13)24)19(25)22-14-9-12(21)6-7-15(14)27-2/h3-7,9-10,24H,8H2,1-2H3,(H,22,25)/t10-/m1/s1. The summed E-state index contributed by atoms with van der Waals surface area (Å²) >= 11 is 6.00. The molecule has 0 aliphatic carbocycles. The van der Waals surface area contributed by atoms with Gasteiger partial charge in [0.1, 0.15) is 17.1 Å². The maximum atomic E-state index is 13.0. The van der Waals surface area contributed by atoms with E-state index >= 15 is 0 Å². The maximum absolute atomic E-state index is 13.0. The monoisotopic (exact) mass is 384 g/mol. The molecule has 0 radical (unpaired) electrons. The van der Waals surface area contributed by atoms with Crippen molar-refractivity contribution >= 4 is 34.1 Å².